The molecule has 1 unspecified atom stereocenters. The van der Waals surface area contributed by atoms with E-state index in [9.17, 15) is 0 Å². The van der Waals surface area contributed by atoms with Crippen LogP contribution in [0.3, 0.4) is 0 Å². The summed E-state index contributed by atoms with van der Waals surface area (Å²) in [6.45, 7) is 3.35. The van der Waals surface area contributed by atoms with E-state index in [0.29, 0.717) is 4.75 Å². The standard InChI is InChI=1S/C8H17NS2/c1-7(6-9-10)8(11-2)4-3-5-8/h7,9-10H,3-6H2,1-2H3. The zero-order valence-electron chi connectivity index (χ0n) is 7.26. The van der Waals surface area contributed by atoms with Gasteiger partial charge in [-0.1, -0.05) is 26.2 Å². The lowest BCUT2D eigenvalue weighted by Crippen LogP contribution is -2.43. The van der Waals surface area contributed by atoms with Gasteiger partial charge in [-0.05, 0) is 25.0 Å². The molecule has 0 bridgehead atoms. The van der Waals surface area contributed by atoms with Crippen molar-refractivity contribution in [2.75, 3.05) is 12.8 Å². The molecular formula is C8H17NS2. The maximum absolute atomic E-state index is 4.03. The summed E-state index contributed by atoms with van der Waals surface area (Å²) in [5.41, 5.74) is 0. The van der Waals surface area contributed by atoms with Crippen molar-refractivity contribution in [3.63, 3.8) is 0 Å². The van der Waals surface area contributed by atoms with Gasteiger partial charge in [0.15, 0.2) is 0 Å². The third-order valence-corrected chi connectivity index (χ3v) is 4.71. The number of hydrogen-bond acceptors (Lipinski definition) is 3. The molecule has 0 radical (unpaired) electrons. The summed E-state index contributed by atoms with van der Waals surface area (Å²) in [5.74, 6) is 0.753. The minimum absolute atomic E-state index is 0.579. The van der Waals surface area contributed by atoms with E-state index in [-0.39, 0.29) is 0 Å². The van der Waals surface area contributed by atoms with Crippen LogP contribution in [0.4, 0.5) is 0 Å². The topological polar surface area (TPSA) is 12.0 Å². The van der Waals surface area contributed by atoms with E-state index in [1.54, 1.807) is 0 Å². The summed E-state index contributed by atoms with van der Waals surface area (Å²) in [6, 6.07) is 0. The molecule has 1 saturated carbocycles. The van der Waals surface area contributed by atoms with Gasteiger partial charge in [-0.25, -0.2) is 0 Å². The van der Waals surface area contributed by atoms with E-state index < -0.39 is 0 Å². The zero-order valence-corrected chi connectivity index (χ0v) is 8.97. The average Bonchev–Trinajstić information content (AvgIpc) is 1.87. The molecule has 0 spiro atoms. The number of thioether (sulfide) groups is 1. The maximum Gasteiger partial charge on any atom is 0.0195 e. The van der Waals surface area contributed by atoms with Crippen LogP contribution < -0.4 is 4.72 Å². The van der Waals surface area contributed by atoms with Gasteiger partial charge in [0.25, 0.3) is 0 Å². The molecule has 1 fully saturated rings. The second-order valence-corrected chi connectivity index (χ2v) is 4.92. The summed E-state index contributed by atoms with van der Waals surface area (Å²) in [4.78, 5) is 0. The van der Waals surface area contributed by atoms with Crippen molar-refractivity contribution in [2.24, 2.45) is 5.92 Å². The van der Waals surface area contributed by atoms with Gasteiger partial charge in [0.1, 0.15) is 0 Å². The molecule has 0 aromatic heterocycles. The summed E-state index contributed by atoms with van der Waals surface area (Å²) < 4.78 is 3.54. The fraction of sp³-hybridized carbons (Fsp3) is 1.00. The lowest BCUT2D eigenvalue weighted by molar-refractivity contribution is 0.267. The predicted molar refractivity (Wildman–Crippen MR) is 56.2 cm³/mol. The van der Waals surface area contributed by atoms with Crippen LogP contribution in [0, 0.1) is 5.92 Å². The zero-order chi connectivity index (χ0) is 8.32. The molecule has 0 heterocycles. The van der Waals surface area contributed by atoms with Crippen LogP contribution in [-0.4, -0.2) is 17.5 Å². The van der Waals surface area contributed by atoms with E-state index >= 15 is 0 Å². The first-order chi connectivity index (χ1) is 5.25. The summed E-state index contributed by atoms with van der Waals surface area (Å²) in [7, 11) is 0. The molecule has 11 heavy (non-hydrogen) atoms. The Labute approximate surface area is 79.3 Å². The molecule has 1 N–H and O–H groups in total. The first-order valence-electron chi connectivity index (χ1n) is 4.17. The molecule has 0 aromatic rings. The second-order valence-electron chi connectivity index (χ2n) is 3.39. The molecule has 3 heteroatoms. The van der Waals surface area contributed by atoms with Crippen LogP contribution in [0.5, 0.6) is 0 Å². The molecule has 1 aliphatic carbocycles. The molecule has 0 amide bonds. The Balaban J connectivity index is 2.40. The fourth-order valence-electron chi connectivity index (χ4n) is 1.75. The first-order valence-corrected chi connectivity index (χ1v) is 5.84. The second kappa shape index (κ2) is 4.06. The van der Waals surface area contributed by atoms with Crippen LogP contribution in [0.25, 0.3) is 0 Å². The van der Waals surface area contributed by atoms with E-state index in [1.165, 1.54) is 19.3 Å². The Morgan fingerprint density at radius 2 is 2.27 bits per heavy atom. The lowest BCUT2D eigenvalue weighted by atomic mass is 9.75. The predicted octanol–water partition coefficient (Wildman–Crippen LogP) is 2.34. The normalized spacial score (nSPS) is 24.3. The van der Waals surface area contributed by atoms with Gasteiger partial charge in [-0.15, -0.1) is 0 Å². The van der Waals surface area contributed by atoms with Gasteiger partial charge < -0.3 is 0 Å². The number of thiol groups is 1. The number of nitrogens with one attached hydrogen (secondary N) is 1. The minimum Gasteiger partial charge on any atom is -0.266 e. The van der Waals surface area contributed by atoms with Crippen molar-refractivity contribution in [1.29, 1.82) is 0 Å². The van der Waals surface area contributed by atoms with E-state index in [1.807, 2.05) is 11.8 Å². The first kappa shape index (κ1) is 9.75. The van der Waals surface area contributed by atoms with Crippen LogP contribution in [0.2, 0.25) is 0 Å². The van der Waals surface area contributed by atoms with Gasteiger partial charge in [0.2, 0.25) is 0 Å². The summed E-state index contributed by atoms with van der Waals surface area (Å²) in [5, 5.41) is 0. The van der Waals surface area contributed by atoms with Gasteiger partial charge in [0.05, 0.1) is 0 Å². The average molecular weight is 191 g/mol. The van der Waals surface area contributed by atoms with Gasteiger partial charge in [-0.3, -0.25) is 4.72 Å². The Morgan fingerprint density at radius 1 is 1.64 bits per heavy atom. The molecular weight excluding hydrogens is 174 g/mol. The summed E-state index contributed by atoms with van der Waals surface area (Å²) in [6.07, 6.45) is 6.43. The smallest absolute Gasteiger partial charge is 0.0195 e. The Kier molecular flexibility index (Phi) is 3.59. The molecule has 0 saturated heterocycles. The molecule has 1 nitrogen and oxygen atoms in total. The van der Waals surface area contributed by atoms with Crippen molar-refractivity contribution in [2.45, 2.75) is 30.9 Å². The van der Waals surface area contributed by atoms with Crippen LogP contribution in [-0.2, 0) is 0 Å². The highest BCUT2D eigenvalue weighted by atomic mass is 32.2. The van der Waals surface area contributed by atoms with Gasteiger partial charge in [-0.2, -0.15) is 11.8 Å². The fourth-order valence-corrected chi connectivity index (χ4v) is 3.20. The third kappa shape index (κ3) is 1.87. The van der Waals surface area contributed by atoms with Crippen molar-refractivity contribution in [3.8, 4) is 0 Å². The molecule has 66 valence electrons. The molecule has 0 aromatic carbocycles. The van der Waals surface area contributed by atoms with Gasteiger partial charge in [0, 0.05) is 11.3 Å². The maximum atomic E-state index is 4.03. The van der Waals surface area contributed by atoms with Crippen molar-refractivity contribution in [3.05, 3.63) is 0 Å². The molecule has 1 rings (SSSR count). The Hall–Kier alpha value is 0.660. The Morgan fingerprint density at radius 3 is 2.55 bits per heavy atom. The minimum atomic E-state index is 0.579. The highest BCUT2D eigenvalue weighted by molar-refractivity contribution is 8.00. The SMILES string of the molecule is CSC1(C(C)CNS)CCC1. The van der Waals surface area contributed by atoms with Crippen molar-refractivity contribution >= 4 is 24.6 Å². The van der Waals surface area contributed by atoms with E-state index in [2.05, 4.69) is 30.7 Å². The van der Waals surface area contributed by atoms with Gasteiger partial charge >= 0.3 is 0 Å². The third-order valence-electron chi connectivity index (χ3n) is 2.90. The molecule has 1 atom stereocenters. The van der Waals surface area contributed by atoms with E-state index in [0.717, 1.165) is 12.5 Å². The van der Waals surface area contributed by atoms with Crippen molar-refractivity contribution in [1.82, 2.24) is 4.72 Å². The number of rotatable bonds is 4. The van der Waals surface area contributed by atoms with Crippen LogP contribution in [0.15, 0.2) is 0 Å². The highest BCUT2D eigenvalue weighted by Crippen LogP contribution is 2.48. The molecule has 1 aliphatic rings. The van der Waals surface area contributed by atoms with Crippen molar-refractivity contribution < 1.29 is 0 Å². The monoisotopic (exact) mass is 191 g/mol. The largest absolute Gasteiger partial charge is 0.266 e. The highest BCUT2D eigenvalue weighted by Gasteiger charge is 2.40. The lowest BCUT2D eigenvalue weighted by Gasteiger charge is -2.45. The summed E-state index contributed by atoms with van der Waals surface area (Å²) >= 11 is 6.07. The van der Waals surface area contributed by atoms with E-state index in [4.69, 9.17) is 0 Å². The quantitative estimate of drug-likeness (QED) is 0.662. The molecule has 0 aliphatic heterocycles. The van der Waals surface area contributed by atoms with Crippen LogP contribution in [0.1, 0.15) is 26.2 Å². The van der Waals surface area contributed by atoms with Crippen LogP contribution >= 0.6 is 24.6 Å². The number of hydrogen-bond donors (Lipinski definition) is 2. The Bertz CT molecular complexity index is 118.